The first kappa shape index (κ1) is 16.3. The average Bonchev–Trinajstić information content (AvgIpc) is 2.64. The number of nitrogens with two attached hydrogens (primary N) is 1. The molecule has 0 saturated carbocycles. The van der Waals surface area contributed by atoms with Crippen LogP contribution >= 0.6 is 27.5 Å². The summed E-state index contributed by atoms with van der Waals surface area (Å²) in [6, 6.07) is 6.48. The van der Waals surface area contributed by atoms with Crippen molar-refractivity contribution >= 4 is 27.5 Å². The van der Waals surface area contributed by atoms with Gasteiger partial charge in [0.15, 0.2) is 0 Å². The Labute approximate surface area is 135 Å². The van der Waals surface area contributed by atoms with Gasteiger partial charge in [0.25, 0.3) is 0 Å². The number of halogens is 2. The molecule has 20 heavy (non-hydrogen) atoms. The zero-order valence-electron chi connectivity index (χ0n) is 12.1. The van der Waals surface area contributed by atoms with E-state index in [1.165, 1.54) is 31.2 Å². The van der Waals surface area contributed by atoms with E-state index in [-0.39, 0.29) is 0 Å². The predicted octanol–water partition coefficient (Wildman–Crippen LogP) is 4.61. The minimum Gasteiger partial charge on any atom is -0.330 e. The quantitative estimate of drug-likeness (QED) is 0.850. The normalized spacial score (nSPS) is 24.6. The fraction of sp³-hybridized carbons (Fsp3) is 0.625. The summed E-state index contributed by atoms with van der Waals surface area (Å²) in [7, 11) is 0. The van der Waals surface area contributed by atoms with Crippen LogP contribution in [0.4, 0.5) is 0 Å². The van der Waals surface area contributed by atoms with Crippen LogP contribution in [0.3, 0.4) is 0 Å². The molecule has 2 N–H and O–H groups in total. The molecule has 2 rings (SSSR count). The topological polar surface area (TPSA) is 29.3 Å². The van der Waals surface area contributed by atoms with Gasteiger partial charge in [-0.25, -0.2) is 0 Å². The minimum atomic E-state index is 0.385. The average molecular weight is 360 g/mol. The number of rotatable bonds is 4. The second-order valence-corrected chi connectivity index (χ2v) is 6.93. The fourth-order valence-corrected chi connectivity index (χ4v) is 3.95. The van der Waals surface area contributed by atoms with Crippen molar-refractivity contribution in [1.82, 2.24) is 4.90 Å². The molecule has 1 aliphatic heterocycles. The van der Waals surface area contributed by atoms with Crippen molar-refractivity contribution in [2.75, 3.05) is 19.6 Å². The molecule has 112 valence electrons. The lowest BCUT2D eigenvalue weighted by Gasteiger charge is -2.35. The molecule has 0 aromatic heterocycles. The number of nitrogens with zero attached hydrogens (tertiary/aromatic N) is 1. The van der Waals surface area contributed by atoms with Crippen LogP contribution in [0.1, 0.15) is 44.2 Å². The molecule has 0 radical (unpaired) electrons. The number of hydrogen-bond acceptors (Lipinski definition) is 2. The Morgan fingerprint density at radius 1 is 1.40 bits per heavy atom. The third-order valence-electron chi connectivity index (χ3n) is 4.20. The molecule has 1 fully saturated rings. The lowest BCUT2D eigenvalue weighted by Crippen LogP contribution is -2.36. The molecule has 2 unspecified atom stereocenters. The molecule has 1 aliphatic rings. The minimum absolute atomic E-state index is 0.385. The Morgan fingerprint density at radius 2 is 2.20 bits per heavy atom. The van der Waals surface area contributed by atoms with Crippen LogP contribution in [0.2, 0.25) is 5.02 Å². The van der Waals surface area contributed by atoms with Crippen LogP contribution in [0, 0.1) is 5.92 Å². The number of likely N-dealkylation sites (tertiary alicyclic amines) is 1. The monoisotopic (exact) mass is 358 g/mol. The van der Waals surface area contributed by atoms with Gasteiger partial charge in [0.1, 0.15) is 0 Å². The van der Waals surface area contributed by atoms with Gasteiger partial charge < -0.3 is 5.73 Å². The van der Waals surface area contributed by atoms with Gasteiger partial charge in [-0.05, 0) is 68.6 Å². The summed E-state index contributed by atoms with van der Waals surface area (Å²) in [6.45, 7) is 5.27. The van der Waals surface area contributed by atoms with Gasteiger partial charge in [-0.3, -0.25) is 4.90 Å². The van der Waals surface area contributed by atoms with Gasteiger partial charge in [0.2, 0.25) is 0 Å². The first-order valence-corrected chi connectivity index (χ1v) is 8.73. The Morgan fingerprint density at radius 3 is 2.90 bits per heavy atom. The van der Waals surface area contributed by atoms with Crippen LogP contribution in [0.5, 0.6) is 0 Å². The van der Waals surface area contributed by atoms with Crippen LogP contribution in [-0.4, -0.2) is 24.5 Å². The standard InChI is InChI=1S/C16H24BrClN2/c1-2-8-20-9-4-3-5-12(11-19)16(20)14-10-13(18)6-7-15(14)17/h6-7,10,12,16H,2-5,8-9,11,19H2,1H3. The first-order valence-electron chi connectivity index (χ1n) is 7.56. The molecule has 0 bridgehead atoms. The third kappa shape index (κ3) is 3.76. The summed E-state index contributed by atoms with van der Waals surface area (Å²) in [5.74, 6) is 0.513. The maximum absolute atomic E-state index is 6.22. The second-order valence-electron chi connectivity index (χ2n) is 5.64. The summed E-state index contributed by atoms with van der Waals surface area (Å²) in [5, 5.41) is 0.805. The van der Waals surface area contributed by atoms with Crippen molar-refractivity contribution in [2.45, 2.75) is 38.6 Å². The first-order chi connectivity index (χ1) is 9.67. The SMILES string of the molecule is CCCN1CCCCC(CN)C1c1cc(Cl)ccc1Br. The molecule has 4 heteroatoms. The van der Waals surface area contributed by atoms with Gasteiger partial charge >= 0.3 is 0 Å². The summed E-state index contributed by atoms with van der Waals surface area (Å²) in [5.41, 5.74) is 7.37. The highest BCUT2D eigenvalue weighted by Gasteiger charge is 2.31. The Kier molecular flexibility index (Phi) is 6.34. The largest absolute Gasteiger partial charge is 0.330 e. The van der Waals surface area contributed by atoms with Gasteiger partial charge in [-0.2, -0.15) is 0 Å². The van der Waals surface area contributed by atoms with E-state index in [0.29, 0.717) is 12.0 Å². The van der Waals surface area contributed by atoms with E-state index >= 15 is 0 Å². The van der Waals surface area contributed by atoms with Crippen molar-refractivity contribution < 1.29 is 0 Å². The van der Waals surface area contributed by atoms with Gasteiger partial charge in [0, 0.05) is 15.5 Å². The van der Waals surface area contributed by atoms with Gasteiger partial charge in [0.05, 0.1) is 0 Å². The fourth-order valence-electron chi connectivity index (χ4n) is 3.29. The van der Waals surface area contributed by atoms with Crippen molar-refractivity contribution in [3.05, 3.63) is 33.3 Å². The number of benzene rings is 1. The van der Waals surface area contributed by atoms with Gasteiger partial charge in [-0.15, -0.1) is 0 Å². The lowest BCUT2D eigenvalue weighted by molar-refractivity contribution is 0.158. The van der Waals surface area contributed by atoms with Crippen molar-refractivity contribution in [3.8, 4) is 0 Å². The lowest BCUT2D eigenvalue weighted by atomic mass is 9.89. The van der Waals surface area contributed by atoms with E-state index in [9.17, 15) is 0 Å². The maximum Gasteiger partial charge on any atom is 0.0410 e. The Bertz CT molecular complexity index is 438. The van der Waals surface area contributed by atoms with Crippen LogP contribution in [-0.2, 0) is 0 Å². The van der Waals surface area contributed by atoms with E-state index in [0.717, 1.165) is 29.1 Å². The maximum atomic E-state index is 6.22. The second kappa shape index (κ2) is 7.79. The molecular formula is C16H24BrClN2. The van der Waals surface area contributed by atoms with Crippen LogP contribution in [0.15, 0.2) is 22.7 Å². The Balaban J connectivity index is 2.40. The molecule has 0 aliphatic carbocycles. The van der Waals surface area contributed by atoms with E-state index in [4.69, 9.17) is 17.3 Å². The van der Waals surface area contributed by atoms with E-state index in [1.807, 2.05) is 6.07 Å². The highest BCUT2D eigenvalue weighted by molar-refractivity contribution is 9.10. The number of hydrogen-bond donors (Lipinski definition) is 1. The van der Waals surface area contributed by atoms with Crippen LogP contribution < -0.4 is 5.73 Å². The molecule has 0 amide bonds. The molecular weight excluding hydrogens is 336 g/mol. The predicted molar refractivity (Wildman–Crippen MR) is 90.2 cm³/mol. The van der Waals surface area contributed by atoms with Crippen LogP contribution in [0.25, 0.3) is 0 Å². The summed E-state index contributed by atoms with van der Waals surface area (Å²) in [4.78, 5) is 2.60. The molecule has 0 spiro atoms. The van der Waals surface area contributed by atoms with Crippen molar-refractivity contribution in [2.24, 2.45) is 11.7 Å². The zero-order chi connectivity index (χ0) is 14.5. The third-order valence-corrected chi connectivity index (χ3v) is 5.16. The highest BCUT2D eigenvalue weighted by atomic mass is 79.9. The zero-order valence-corrected chi connectivity index (χ0v) is 14.5. The molecule has 1 aromatic rings. The smallest absolute Gasteiger partial charge is 0.0410 e. The molecule has 2 nitrogen and oxygen atoms in total. The summed E-state index contributed by atoms with van der Waals surface area (Å²) in [6.07, 6.45) is 4.92. The van der Waals surface area contributed by atoms with E-state index in [1.54, 1.807) is 0 Å². The van der Waals surface area contributed by atoms with E-state index < -0.39 is 0 Å². The van der Waals surface area contributed by atoms with Crippen molar-refractivity contribution in [1.29, 1.82) is 0 Å². The molecule has 1 heterocycles. The van der Waals surface area contributed by atoms with Gasteiger partial charge in [-0.1, -0.05) is 40.9 Å². The molecule has 1 aromatic carbocycles. The van der Waals surface area contributed by atoms with Crippen molar-refractivity contribution in [3.63, 3.8) is 0 Å². The summed E-state index contributed by atoms with van der Waals surface area (Å²) >= 11 is 9.92. The molecule has 2 atom stereocenters. The summed E-state index contributed by atoms with van der Waals surface area (Å²) < 4.78 is 1.15. The highest BCUT2D eigenvalue weighted by Crippen LogP contribution is 2.39. The molecule has 1 saturated heterocycles. The Hall–Kier alpha value is -0.0900. The van der Waals surface area contributed by atoms with E-state index in [2.05, 4.69) is 39.9 Å².